The average molecular weight is 752 g/mol. The fourth-order valence-corrected chi connectivity index (χ4v) is 11.6. The highest BCUT2D eigenvalue weighted by atomic mass is 32.2. The van der Waals surface area contributed by atoms with Gasteiger partial charge in [0.25, 0.3) is 11.8 Å². The highest BCUT2D eigenvalue weighted by molar-refractivity contribution is 7.90. The van der Waals surface area contributed by atoms with Gasteiger partial charge in [0.05, 0.1) is 67.4 Å². The summed E-state index contributed by atoms with van der Waals surface area (Å²) in [5, 5.41) is 5.20. The van der Waals surface area contributed by atoms with Crippen LogP contribution in [0.2, 0.25) is 0 Å². The van der Waals surface area contributed by atoms with Gasteiger partial charge in [0.15, 0.2) is 0 Å². The van der Waals surface area contributed by atoms with Gasteiger partial charge in [-0.25, -0.2) is 13.1 Å². The molecule has 4 fully saturated rings. The molecule has 5 aliphatic rings. The minimum Gasteiger partial charge on any atom is -0.497 e. The number of hydrogen-bond donors (Lipinski definition) is 1. The van der Waals surface area contributed by atoms with Crippen LogP contribution >= 0.6 is 0 Å². The zero-order valence-electron chi connectivity index (χ0n) is 31.2. The minimum absolute atomic E-state index is 0.0185. The summed E-state index contributed by atoms with van der Waals surface area (Å²) in [5.74, 6) is 0.433. The van der Waals surface area contributed by atoms with Crippen molar-refractivity contribution in [1.82, 2.24) is 24.0 Å². The Bertz CT molecular complexity index is 2250. The molecule has 2 aromatic carbocycles. The second kappa shape index (κ2) is 14.0. The van der Waals surface area contributed by atoms with E-state index in [0.717, 1.165) is 103 Å². The highest BCUT2D eigenvalue weighted by Gasteiger charge is 2.40. The van der Waals surface area contributed by atoms with Crippen molar-refractivity contribution >= 4 is 44.4 Å². The van der Waals surface area contributed by atoms with Crippen LogP contribution in [-0.4, -0.2) is 77.1 Å². The van der Waals surface area contributed by atoms with Crippen molar-refractivity contribution < 1.29 is 27.5 Å². The molecule has 1 unspecified atom stereocenters. The number of aromatic nitrogens is 3. The Kier molecular flexibility index (Phi) is 9.16. The van der Waals surface area contributed by atoms with Crippen LogP contribution in [0.15, 0.2) is 42.6 Å². The van der Waals surface area contributed by atoms with Gasteiger partial charge in [0, 0.05) is 29.1 Å². The number of carbonyl (C=O) groups is 2. The van der Waals surface area contributed by atoms with Gasteiger partial charge in [0.2, 0.25) is 10.0 Å². The number of nitrogens with zero attached hydrogens (tertiary/aromatic N) is 4. The number of ether oxygens (including phenoxy) is 2. The molecular formula is C42H49N5O6S. The molecule has 2 saturated carbocycles. The zero-order valence-corrected chi connectivity index (χ0v) is 32.0. The van der Waals surface area contributed by atoms with E-state index in [1.165, 1.54) is 12.0 Å². The number of allylic oxidation sites excluding steroid dienone is 1. The Labute approximate surface area is 316 Å². The number of aryl methyl sites for hydroxylation is 1. The Morgan fingerprint density at radius 2 is 1.63 bits per heavy atom. The van der Waals surface area contributed by atoms with Gasteiger partial charge in [-0.2, -0.15) is 5.10 Å². The maximum atomic E-state index is 14.6. The summed E-state index contributed by atoms with van der Waals surface area (Å²) in [4.78, 5) is 30.4. The molecule has 2 saturated heterocycles. The smallest absolute Gasteiger partial charge is 0.264 e. The number of morpholine rings is 1. The number of amides is 2. The van der Waals surface area contributed by atoms with Crippen LogP contribution in [0.5, 0.6) is 5.75 Å². The Morgan fingerprint density at radius 1 is 0.889 bits per heavy atom. The van der Waals surface area contributed by atoms with Crippen molar-refractivity contribution in [3.05, 3.63) is 70.5 Å². The molecular weight excluding hydrogens is 703 g/mol. The summed E-state index contributed by atoms with van der Waals surface area (Å²) < 4.78 is 44.6. The highest BCUT2D eigenvalue weighted by Crippen LogP contribution is 2.48. The van der Waals surface area contributed by atoms with Gasteiger partial charge in [-0.05, 0) is 104 Å². The van der Waals surface area contributed by atoms with Gasteiger partial charge in [-0.3, -0.25) is 14.3 Å². The van der Waals surface area contributed by atoms with E-state index >= 15 is 0 Å². The van der Waals surface area contributed by atoms with Gasteiger partial charge in [-0.1, -0.05) is 38.2 Å². The quantitative estimate of drug-likeness (QED) is 0.215. The van der Waals surface area contributed by atoms with Gasteiger partial charge < -0.3 is 18.9 Å². The molecule has 2 aliphatic carbocycles. The number of fused-ring (bicyclic) bond motifs is 7. The maximum Gasteiger partial charge on any atom is 0.264 e. The first-order valence-electron chi connectivity index (χ1n) is 19.8. The van der Waals surface area contributed by atoms with Crippen LogP contribution in [0.4, 0.5) is 0 Å². The number of rotatable bonds is 7. The fraction of sp³-hybridized carbons (Fsp3) is 0.500. The van der Waals surface area contributed by atoms with Crippen LogP contribution in [0.25, 0.3) is 33.8 Å². The number of sulfonamides is 1. The normalized spacial score (nSPS) is 22.0. The lowest BCUT2D eigenvalue weighted by atomic mass is 9.81. The van der Waals surface area contributed by atoms with E-state index in [2.05, 4.69) is 32.6 Å². The summed E-state index contributed by atoms with van der Waals surface area (Å²) in [6.45, 7) is 1.51. The molecule has 284 valence electrons. The Balaban J connectivity index is 1.21. The summed E-state index contributed by atoms with van der Waals surface area (Å²) in [6, 6.07) is 11.9. The summed E-state index contributed by atoms with van der Waals surface area (Å²) in [7, 11) is -0.235. The van der Waals surface area contributed by atoms with E-state index in [0.29, 0.717) is 49.6 Å². The molecule has 12 heteroatoms. The molecule has 1 N–H and O–H groups in total. The standard InChI is InChI=1S/C42H49N5O6S/c1-45-39(36(22-43-45)42(49)47-30-11-8-12-31(47)25-53-24-30)29-19-28-20-32(52-2)16-18-34(28)40-38(26-9-4-3-5-10-26)35-17-15-27(21-37(35)46(40)23-29)41(48)44-54(50,51)33-13-6-7-14-33/h15-22,26,30-31,33H,3-14,23-25H2,1-2H3,(H,44,48)/t30-,31?/m1/s1. The largest absolute Gasteiger partial charge is 0.497 e. The molecule has 0 spiro atoms. The van der Waals surface area contributed by atoms with Crippen molar-refractivity contribution in [2.45, 2.75) is 107 Å². The summed E-state index contributed by atoms with van der Waals surface area (Å²) >= 11 is 0. The van der Waals surface area contributed by atoms with Crippen LogP contribution in [-0.2, 0) is 28.4 Å². The number of hydrogen-bond acceptors (Lipinski definition) is 7. The fourth-order valence-electron chi connectivity index (χ4n) is 10.1. The SMILES string of the molecule is COc1ccc2c(c1)C=C(c1c(C(=O)N3C4CCC[C@@H]3COC4)cnn1C)Cn1c-2c(C2CCCCC2)c2ccc(C(=O)NS(=O)(=O)C3CCCC3)cc21. The number of methoxy groups -OCH3 is 1. The van der Waals surface area contributed by atoms with E-state index in [1.807, 2.05) is 30.1 Å². The van der Waals surface area contributed by atoms with Gasteiger partial charge >= 0.3 is 0 Å². The van der Waals surface area contributed by atoms with E-state index in [-0.39, 0.29) is 18.0 Å². The molecule has 11 nitrogen and oxygen atoms in total. The predicted octanol–water partition coefficient (Wildman–Crippen LogP) is 7.05. The van der Waals surface area contributed by atoms with E-state index in [9.17, 15) is 18.0 Å². The molecule has 2 aromatic heterocycles. The average Bonchev–Trinajstić information content (AvgIpc) is 3.91. The second-order valence-electron chi connectivity index (χ2n) is 15.9. The number of carbonyl (C=O) groups excluding carboxylic acids is 2. The third kappa shape index (κ3) is 6.05. The minimum atomic E-state index is -3.79. The van der Waals surface area contributed by atoms with Crippen molar-refractivity contribution in [1.29, 1.82) is 0 Å². The number of benzene rings is 2. The third-order valence-corrected chi connectivity index (χ3v) is 14.5. The lowest BCUT2D eigenvalue weighted by Gasteiger charge is -2.45. The first-order valence-corrected chi connectivity index (χ1v) is 21.3. The zero-order chi connectivity index (χ0) is 37.1. The van der Waals surface area contributed by atoms with E-state index in [4.69, 9.17) is 9.47 Å². The van der Waals surface area contributed by atoms with Crippen LogP contribution in [0.3, 0.4) is 0 Å². The Hall–Kier alpha value is -4.42. The number of piperidine rings is 1. The monoisotopic (exact) mass is 751 g/mol. The van der Waals surface area contributed by atoms with E-state index < -0.39 is 21.2 Å². The first kappa shape index (κ1) is 35.3. The first-order chi connectivity index (χ1) is 26.2. The predicted molar refractivity (Wildman–Crippen MR) is 208 cm³/mol. The molecule has 2 atom stereocenters. The second-order valence-corrected chi connectivity index (χ2v) is 17.9. The van der Waals surface area contributed by atoms with Crippen molar-refractivity contribution in [2.24, 2.45) is 7.05 Å². The van der Waals surface area contributed by atoms with E-state index in [1.54, 1.807) is 24.1 Å². The summed E-state index contributed by atoms with van der Waals surface area (Å²) in [5.41, 5.74) is 7.79. The lowest BCUT2D eigenvalue weighted by Crippen LogP contribution is -2.57. The summed E-state index contributed by atoms with van der Waals surface area (Å²) in [6.07, 6.45) is 15.3. The van der Waals surface area contributed by atoms with Crippen molar-refractivity contribution in [2.75, 3.05) is 20.3 Å². The molecule has 2 bridgehead atoms. The molecule has 2 amide bonds. The van der Waals surface area contributed by atoms with Gasteiger partial charge in [0.1, 0.15) is 5.75 Å². The molecule has 9 rings (SSSR count). The molecule has 5 heterocycles. The maximum absolute atomic E-state index is 14.6. The topological polar surface area (TPSA) is 125 Å². The molecule has 3 aliphatic heterocycles. The molecule has 0 radical (unpaired) electrons. The lowest BCUT2D eigenvalue weighted by molar-refractivity contribution is -0.0566. The van der Waals surface area contributed by atoms with Crippen molar-refractivity contribution in [3.8, 4) is 17.0 Å². The van der Waals surface area contributed by atoms with Crippen LogP contribution < -0.4 is 9.46 Å². The Morgan fingerprint density at radius 3 is 2.37 bits per heavy atom. The van der Waals surface area contributed by atoms with Crippen LogP contribution in [0, 0.1) is 0 Å². The van der Waals surface area contributed by atoms with Gasteiger partial charge in [-0.15, -0.1) is 0 Å². The molecule has 54 heavy (non-hydrogen) atoms. The third-order valence-electron chi connectivity index (χ3n) is 12.7. The van der Waals surface area contributed by atoms with Crippen molar-refractivity contribution in [3.63, 3.8) is 0 Å². The van der Waals surface area contributed by atoms with Crippen LogP contribution in [0.1, 0.15) is 121 Å². The number of nitrogens with one attached hydrogen (secondary N) is 1. The molecule has 4 aromatic rings.